The van der Waals surface area contributed by atoms with Gasteiger partial charge in [0.05, 0.1) is 15.6 Å². The monoisotopic (exact) mass is 232 g/mol. The molecule has 5 nitrogen and oxygen atoms in total. The minimum absolute atomic E-state index is 0.107. The van der Waals surface area contributed by atoms with Crippen molar-refractivity contribution < 1.29 is 4.92 Å². The number of nitro groups is 1. The first-order valence-corrected chi connectivity index (χ1v) is 3.82. The van der Waals surface area contributed by atoms with Crippen LogP contribution in [0.2, 0.25) is 0 Å². The average molecular weight is 233 g/mol. The summed E-state index contributed by atoms with van der Waals surface area (Å²) < 4.78 is 1.35. The van der Waals surface area contributed by atoms with Gasteiger partial charge in [-0.3, -0.25) is 14.9 Å². The maximum Gasteiger partial charge on any atom is 0.286 e. The van der Waals surface area contributed by atoms with Gasteiger partial charge in [-0.25, -0.2) is 0 Å². The largest absolute Gasteiger partial charge is 0.311 e. The number of hydrogen-bond donors (Lipinski definition) is 0. The van der Waals surface area contributed by atoms with Crippen molar-refractivity contribution in [1.29, 1.82) is 0 Å². The minimum atomic E-state index is -0.551. The summed E-state index contributed by atoms with van der Waals surface area (Å²) in [5.41, 5.74) is -0.399. The van der Waals surface area contributed by atoms with Crippen molar-refractivity contribution in [2.75, 3.05) is 0 Å². The Balaban J connectivity index is 3.41. The molecule has 0 radical (unpaired) electrons. The lowest BCUT2D eigenvalue weighted by molar-refractivity contribution is -0.385. The van der Waals surface area contributed by atoms with Crippen LogP contribution in [0.25, 0.3) is 0 Å². The Morgan fingerprint density at radius 1 is 1.67 bits per heavy atom. The van der Waals surface area contributed by atoms with Crippen LogP contribution in [0.1, 0.15) is 0 Å². The van der Waals surface area contributed by atoms with Crippen LogP contribution < -0.4 is 5.56 Å². The molecule has 0 amide bonds. The van der Waals surface area contributed by atoms with E-state index in [0.717, 1.165) is 4.57 Å². The summed E-state index contributed by atoms with van der Waals surface area (Å²) in [4.78, 5) is 20.8. The Morgan fingerprint density at radius 3 is 2.67 bits per heavy atom. The molecule has 0 atom stereocenters. The fourth-order valence-corrected chi connectivity index (χ4v) is 1.27. The first-order valence-electron chi connectivity index (χ1n) is 3.03. The predicted molar refractivity (Wildman–Crippen MR) is 46.0 cm³/mol. The first-order chi connectivity index (χ1) is 5.52. The quantitative estimate of drug-likeness (QED) is 0.538. The molecule has 1 aromatic rings. The van der Waals surface area contributed by atoms with Gasteiger partial charge < -0.3 is 4.57 Å². The van der Waals surface area contributed by atoms with Crippen molar-refractivity contribution in [3.05, 3.63) is 37.2 Å². The van der Waals surface area contributed by atoms with Crippen LogP contribution in [0, 0.1) is 10.1 Å². The zero-order valence-corrected chi connectivity index (χ0v) is 7.74. The Bertz CT molecular complexity index is 359. The Labute approximate surface area is 75.9 Å². The SMILES string of the molecule is Cn1cc([N+](=O)[O-])cc(Br)c1=O. The molecule has 0 aromatic carbocycles. The van der Waals surface area contributed by atoms with Crippen molar-refractivity contribution in [3.8, 4) is 0 Å². The van der Waals surface area contributed by atoms with E-state index in [0.29, 0.717) is 0 Å². The molecule has 0 aliphatic rings. The van der Waals surface area contributed by atoms with Gasteiger partial charge in [0.25, 0.3) is 11.2 Å². The molecule has 0 saturated heterocycles. The highest BCUT2D eigenvalue weighted by molar-refractivity contribution is 9.10. The van der Waals surface area contributed by atoms with Gasteiger partial charge >= 0.3 is 0 Å². The summed E-state index contributed by atoms with van der Waals surface area (Å²) >= 11 is 2.93. The van der Waals surface area contributed by atoms with E-state index in [9.17, 15) is 14.9 Å². The molecule has 0 bridgehead atoms. The van der Waals surface area contributed by atoms with Crippen LogP contribution in [0.4, 0.5) is 5.69 Å². The summed E-state index contributed by atoms with van der Waals surface area (Å²) in [7, 11) is 1.46. The molecular formula is C6H5BrN2O3. The number of aryl methyl sites for hydroxylation is 1. The maximum atomic E-state index is 11.0. The lowest BCUT2D eigenvalue weighted by Crippen LogP contribution is -2.16. The van der Waals surface area contributed by atoms with Gasteiger partial charge in [-0.15, -0.1) is 0 Å². The van der Waals surface area contributed by atoms with E-state index in [1.54, 1.807) is 0 Å². The second kappa shape index (κ2) is 3.06. The highest BCUT2D eigenvalue weighted by Crippen LogP contribution is 2.12. The molecule has 0 saturated carbocycles. The summed E-state index contributed by atoms with van der Waals surface area (Å²) in [6.45, 7) is 0. The van der Waals surface area contributed by atoms with Gasteiger partial charge in [0.15, 0.2) is 0 Å². The van der Waals surface area contributed by atoms with Gasteiger partial charge in [-0.2, -0.15) is 0 Å². The van der Waals surface area contributed by atoms with Gasteiger partial charge in [-0.1, -0.05) is 0 Å². The van der Waals surface area contributed by atoms with E-state index >= 15 is 0 Å². The molecule has 1 aromatic heterocycles. The maximum absolute atomic E-state index is 11.0. The molecule has 0 aliphatic heterocycles. The molecule has 64 valence electrons. The third kappa shape index (κ3) is 1.53. The molecule has 0 unspecified atom stereocenters. The number of halogens is 1. The summed E-state index contributed by atoms with van der Waals surface area (Å²) in [5.74, 6) is 0. The van der Waals surface area contributed by atoms with E-state index in [1.165, 1.54) is 19.3 Å². The summed E-state index contributed by atoms with van der Waals surface area (Å²) in [6.07, 6.45) is 1.17. The summed E-state index contributed by atoms with van der Waals surface area (Å²) in [5, 5.41) is 10.3. The Morgan fingerprint density at radius 2 is 2.25 bits per heavy atom. The number of pyridine rings is 1. The number of hydrogen-bond acceptors (Lipinski definition) is 3. The Kier molecular flexibility index (Phi) is 2.27. The van der Waals surface area contributed by atoms with Crippen LogP contribution in [-0.2, 0) is 7.05 Å². The topological polar surface area (TPSA) is 65.1 Å². The van der Waals surface area contributed by atoms with Crippen LogP contribution in [0.5, 0.6) is 0 Å². The lowest BCUT2D eigenvalue weighted by Gasteiger charge is -1.97. The van der Waals surface area contributed by atoms with Crippen molar-refractivity contribution in [1.82, 2.24) is 4.57 Å². The fraction of sp³-hybridized carbons (Fsp3) is 0.167. The molecule has 1 heterocycles. The molecule has 0 N–H and O–H groups in total. The standard InChI is InChI=1S/C6H5BrN2O3/c1-8-3-4(9(11)12)2-5(7)6(8)10/h2-3H,1H3. The van der Waals surface area contributed by atoms with Crippen molar-refractivity contribution in [3.63, 3.8) is 0 Å². The number of nitrogens with zero attached hydrogens (tertiary/aromatic N) is 2. The first kappa shape index (κ1) is 8.92. The van der Waals surface area contributed by atoms with Crippen LogP contribution in [-0.4, -0.2) is 9.49 Å². The zero-order valence-electron chi connectivity index (χ0n) is 6.15. The summed E-state index contributed by atoms with van der Waals surface area (Å²) in [6, 6.07) is 1.18. The van der Waals surface area contributed by atoms with Crippen LogP contribution >= 0.6 is 15.9 Å². The number of aromatic nitrogens is 1. The predicted octanol–water partition coefficient (Wildman–Crippen LogP) is 1.06. The smallest absolute Gasteiger partial charge is 0.286 e. The third-order valence-corrected chi connectivity index (χ3v) is 1.90. The second-order valence-electron chi connectivity index (χ2n) is 2.22. The minimum Gasteiger partial charge on any atom is -0.311 e. The van der Waals surface area contributed by atoms with Crippen molar-refractivity contribution in [2.45, 2.75) is 0 Å². The average Bonchev–Trinajstić information content (AvgIpc) is 1.99. The highest BCUT2D eigenvalue weighted by Gasteiger charge is 2.09. The van der Waals surface area contributed by atoms with Crippen LogP contribution in [0.15, 0.2) is 21.5 Å². The lowest BCUT2D eigenvalue weighted by atomic mass is 10.4. The van der Waals surface area contributed by atoms with Gasteiger partial charge in [0, 0.05) is 13.1 Å². The van der Waals surface area contributed by atoms with E-state index in [1.807, 2.05) is 0 Å². The van der Waals surface area contributed by atoms with E-state index in [4.69, 9.17) is 0 Å². The van der Waals surface area contributed by atoms with E-state index in [2.05, 4.69) is 15.9 Å². The zero-order chi connectivity index (χ0) is 9.30. The van der Waals surface area contributed by atoms with Gasteiger partial charge in [-0.05, 0) is 15.9 Å². The van der Waals surface area contributed by atoms with Crippen molar-refractivity contribution >= 4 is 21.6 Å². The molecule has 1 rings (SSSR count). The molecule has 0 spiro atoms. The number of rotatable bonds is 1. The molecule has 0 aliphatic carbocycles. The fourth-order valence-electron chi connectivity index (χ4n) is 0.754. The molecular weight excluding hydrogens is 228 g/mol. The van der Waals surface area contributed by atoms with Gasteiger partial charge in [0.1, 0.15) is 0 Å². The van der Waals surface area contributed by atoms with Crippen molar-refractivity contribution in [2.24, 2.45) is 7.05 Å². The normalized spacial score (nSPS) is 9.83. The third-order valence-electron chi connectivity index (χ3n) is 1.34. The van der Waals surface area contributed by atoms with E-state index in [-0.39, 0.29) is 15.7 Å². The molecule has 12 heavy (non-hydrogen) atoms. The Hall–Kier alpha value is -1.17. The van der Waals surface area contributed by atoms with Gasteiger partial charge in [0.2, 0.25) is 0 Å². The van der Waals surface area contributed by atoms with E-state index < -0.39 is 4.92 Å². The van der Waals surface area contributed by atoms with Crippen LogP contribution in [0.3, 0.4) is 0 Å². The molecule has 6 heteroatoms. The second-order valence-corrected chi connectivity index (χ2v) is 3.07. The molecule has 0 fully saturated rings. The highest BCUT2D eigenvalue weighted by atomic mass is 79.9.